The van der Waals surface area contributed by atoms with E-state index >= 15 is 0 Å². The van der Waals surface area contributed by atoms with Crippen molar-refractivity contribution in [1.82, 2.24) is 9.88 Å². The third kappa shape index (κ3) is 4.38. The molecule has 0 bridgehead atoms. The Morgan fingerprint density at radius 1 is 0.912 bits per heavy atom. The van der Waals surface area contributed by atoms with Gasteiger partial charge in [0.1, 0.15) is 0 Å². The van der Waals surface area contributed by atoms with E-state index in [1.807, 2.05) is 48.5 Å². The number of nitrogens with zero attached hydrogens (tertiary/aromatic N) is 3. The standard InChI is InChI=1S/C27H27N5O2/c1-31-12-14-32(15-13-31)22-9-7-21(8-10-22)29-17-25-24-16-19(18-2-5-20(28)6-3-18)4-11-23(24)26(33)30-27(25)34/h2-11,16-17H,12-15,28H2,1H3,(H2,30,33,34). The lowest BCUT2D eigenvalue weighted by molar-refractivity contribution is 0.313. The SMILES string of the molecule is CN1CCN(c2ccc(N=Cc3c(O)[nH]c(=O)c4ccc(-c5ccc(N)cc5)cc34)cc2)CC1. The van der Waals surface area contributed by atoms with Crippen LogP contribution in [-0.4, -0.2) is 54.4 Å². The number of piperazine rings is 1. The molecular weight excluding hydrogens is 426 g/mol. The molecule has 1 fully saturated rings. The Kier molecular flexibility index (Phi) is 5.77. The minimum Gasteiger partial charge on any atom is -0.494 e. The molecule has 5 rings (SSSR count). The van der Waals surface area contributed by atoms with Gasteiger partial charge in [-0.3, -0.25) is 14.8 Å². The largest absolute Gasteiger partial charge is 0.494 e. The zero-order valence-electron chi connectivity index (χ0n) is 19.0. The molecule has 0 saturated carbocycles. The van der Waals surface area contributed by atoms with Gasteiger partial charge in [-0.2, -0.15) is 0 Å². The van der Waals surface area contributed by atoms with Gasteiger partial charge in [0.25, 0.3) is 5.56 Å². The third-order valence-corrected chi connectivity index (χ3v) is 6.35. The number of aromatic amines is 1. The van der Waals surface area contributed by atoms with Crippen LogP contribution in [0.4, 0.5) is 17.1 Å². The van der Waals surface area contributed by atoms with E-state index in [-0.39, 0.29) is 11.4 Å². The van der Waals surface area contributed by atoms with E-state index in [2.05, 4.69) is 39.0 Å². The number of nitrogens with two attached hydrogens (primary N) is 1. The van der Waals surface area contributed by atoms with Gasteiger partial charge >= 0.3 is 0 Å². The molecule has 0 aliphatic carbocycles. The van der Waals surface area contributed by atoms with Crippen LogP contribution in [0, 0.1) is 0 Å². The van der Waals surface area contributed by atoms with E-state index in [1.165, 1.54) is 5.69 Å². The quantitative estimate of drug-likeness (QED) is 0.321. The fourth-order valence-electron chi connectivity index (χ4n) is 4.27. The summed E-state index contributed by atoms with van der Waals surface area (Å²) in [6.45, 7) is 4.12. The number of fused-ring (bicyclic) bond motifs is 1. The first kappa shape index (κ1) is 21.7. The van der Waals surface area contributed by atoms with Gasteiger partial charge in [-0.1, -0.05) is 18.2 Å². The Hall–Kier alpha value is -4.10. The number of pyridine rings is 1. The molecule has 3 aromatic carbocycles. The number of H-pyrrole nitrogens is 1. The van der Waals surface area contributed by atoms with Crippen molar-refractivity contribution >= 4 is 34.0 Å². The van der Waals surface area contributed by atoms with Crippen LogP contribution in [0.3, 0.4) is 0 Å². The highest BCUT2D eigenvalue weighted by Gasteiger charge is 2.14. The van der Waals surface area contributed by atoms with Crippen molar-refractivity contribution in [3.8, 4) is 17.0 Å². The molecule has 34 heavy (non-hydrogen) atoms. The molecule has 1 aromatic heterocycles. The summed E-state index contributed by atoms with van der Waals surface area (Å²) in [6, 6.07) is 21.2. The molecule has 1 aliphatic heterocycles. The summed E-state index contributed by atoms with van der Waals surface area (Å²) in [4.78, 5) is 24.2. The maximum atomic E-state index is 12.4. The van der Waals surface area contributed by atoms with Gasteiger partial charge in [-0.05, 0) is 66.7 Å². The molecule has 4 aromatic rings. The second-order valence-electron chi connectivity index (χ2n) is 8.66. The average Bonchev–Trinajstić information content (AvgIpc) is 2.85. The molecule has 0 amide bonds. The number of nitrogen functional groups attached to an aromatic ring is 1. The lowest BCUT2D eigenvalue weighted by Crippen LogP contribution is -2.44. The number of likely N-dealkylation sites (N-methyl/N-ethyl adjacent to an activating group) is 1. The maximum absolute atomic E-state index is 12.4. The highest BCUT2D eigenvalue weighted by Crippen LogP contribution is 2.28. The van der Waals surface area contributed by atoms with Crippen molar-refractivity contribution in [1.29, 1.82) is 0 Å². The van der Waals surface area contributed by atoms with Crippen LogP contribution in [0.5, 0.6) is 5.88 Å². The summed E-state index contributed by atoms with van der Waals surface area (Å²) in [6.07, 6.45) is 1.60. The van der Waals surface area contributed by atoms with Gasteiger partial charge < -0.3 is 20.6 Å². The smallest absolute Gasteiger partial charge is 0.258 e. The second-order valence-corrected chi connectivity index (χ2v) is 8.66. The van der Waals surface area contributed by atoms with Crippen molar-refractivity contribution in [3.05, 3.63) is 82.6 Å². The number of aromatic hydroxyl groups is 1. The number of hydrogen-bond acceptors (Lipinski definition) is 6. The zero-order valence-corrected chi connectivity index (χ0v) is 19.0. The van der Waals surface area contributed by atoms with Gasteiger partial charge in [-0.15, -0.1) is 0 Å². The van der Waals surface area contributed by atoms with Crippen LogP contribution in [0.1, 0.15) is 5.56 Å². The Morgan fingerprint density at radius 2 is 1.59 bits per heavy atom. The molecular formula is C27H27N5O2. The lowest BCUT2D eigenvalue weighted by Gasteiger charge is -2.34. The number of anilines is 2. The molecule has 7 heteroatoms. The first-order valence-electron chi connectivity index (χ1n) is 11.3. The van der Waals surface area contributed by atoms with Gasteiger partial charge in [0.15, 0.2) is 0 Å². The normalized spacial score (nSPS) is 14.8. The summed E-state index contributed by atoms with van der Waals surface area (Å²) < 4.78 is 0. The lowest BCUT2D eigenvalue weighted by atomic mass is 9.99. The predicted molar refractivity (Wildman–Crippen MR) is 139 cm³/mol. The Labute approximate surface area is 197 Å². The van der Waals surface area contributed by atoms with Crippen LogP contribution in [0.25, 0.3) is 21.9 Å². The monoisotopic (exact) mass is 453 g/mol. The topological polar surface area (TPSA) is 98.0 Å². The van der Waals surface area contributed by atoms with Gasteiger partial charge in [0.2, 0.25) is 5.88 Å². The zero-order chi connectivity index (χ0) is 23.7. The number of nitrogens with one attached hydrogen (secondary N) is 1. The molecule has 1 aliphatic rings. The van der Waals surface area contributed by atoms with Gasteiger partial charge in [0.05, 0.1) is 11.3 Å². The van der Waals surface area contributed by atoms with Crippen molar-refractivity contribution in [2.45, 2.75) is 0 Å². The summed E-state index contributed by atoms with van der Waals surface area (Å²) >= 11 is 0. The van der Waals surface area contributed by atoms with E-state index in [4.69, 9.17) is 5.73 Å². The highest BCUT2D eigenvalue weighted by molar-refractivity contribution is 6.03. The Bertz CT molecular complexity index is 1400. The summed E-state index contributed by atoms with van der Waals surface area (Å²) in [5.41, 5.74) is 10.5. The summed E-state index contributed by atoms with van der Waals surface area (Å²) in [7, 11) is 2.14. The summed E-state index contributed by atoms with van der Waals surface area (Å²) in [5, 5.41) is 11.6. The van der Waals surface area contributed by atoms with Crippen molar-refractivity contribution in [2.24, 2.45) is 4.99 Å². The number of benzene rings is 3. The molecule has 0 atom stereocenters. The first-order valence-corrected chi connectivity index (χ1v) is 11.3. The van der Waals surface area contributed by atoms with Crippen LogP contribution >= 0.6 is 0 Å². The number of aromatic nitrogens is 1. The van der Waals surface area contributed by atoms with E-state index < -0.39 is 0 Å². The molecule has 0 radical (unpaired) electrons. The fourth-order valence-corrected chi connectivity index (χ4v) is 4.27. The van der Waals surface area contributed by atoms with Crippen LogP contribution in [0.2, 0.25) is 0 Å². The molecule has 4 N–H and O–H groups in total. The van der Waals surface area contributed by atoms with E-state index in [0.717, 1.165) is 43.0 Å². The minimum atomic E-state index is -0.343. The number of rotatable bonds is 4. The van der Waals surface area contributed by atoms with Gasteiger partial charge in [-0.25, -0.2) is 0 Å². The highest BCUT2D eigenvalue weighted by atomic mass is 16.3. The predicted octanol–water partition coefficient (Wildman–Crippen LogP) is 3.99. The van der Waals surface area contributed by atoms with E-state index in [1.54, 1.807) is 12.3 Å². The van der Waals surface area contributed by atoms with Crippen LogP contribution < -0.4 is 16.2 Å². The molecule has 172 valence electrons. The average molecular weight is 454 g/mol. The minimum absolute atomic E-state index is 0.204. The maximum Gasteiger partial charge on any atom is 0.258 e. The van der Waals surface area contributed by atoms with Gasteiger partial charge in [0, 0.05) is 54.5 Å². The van der Waals surface area contributed by atoms with Crippen LogP contribution in [-0.2, 0) is 0 Å². The first-order chi connectivity index (χ1) is 16.5. The van der Waals surface area contributed by atoms with E-state index in [9.17, 15) is 9.90 Å². The number of hydrogen-bond donors (Lipinski definition) is 3. The molecule has 1 saturated heterocycles. The van der Waals surface area contributed by atoms with Crippen molar-refractivity contribution in [2.75, 3.05) is 43.9 Å². The number of aliphatic imine (C=N–C) groups is 1. The third-order valence-electron chi connectivity index (χ3n) is 6.35. The molecule has 0 spiro atoms. The Balaban J connectivity index is 1.47. The van der Waals surface area contributed by atoms with Crippen LogP contribution in [0.15, 0.2) is 76.5 Å². The molecule has 2 heterocycles. The van der Waals surface area contributed by atoms with E-state index in [0.29, 0.717) is 22.0 Å². The summed E-state index contributed by atoms with van der Waals surface area (Å²) in [5.74, 6) is -0.204. The fraction of sp³-hybridized carbons (Fsp3) is 0.185. The molecule has 7 nitrogen and oxygen atoms in total. The van der Waals surface area contributed by atoms with Crippen molar-refractivity contribution < 1.29 is 5.11 Å². The Morgan fingerprint density at radius 3 is 2.29 bits per heavy atom. The second kappa shape index (κ2) is 9.03. The van der Waals surface area contributed by atoms with Crippen molar-refractivity contribution in [3.63, 3.8) is 0 Å². The molecule has 0 unspecified atom stereocenters.